The Balaban J connectivity index is 1.76. The van der Waals surface area contributed by atoms with E-state index in [2.05, 4.69) is 38.1 Å². The van der Waals surface area contributed by atoms with Crippen molar-refractivity contribution in [1.82, 2.24) is 0 Å². The van der Waals surface area contributed by atoms with Gasteiger partial charge in [0.2, 0.25) is 0 Å². The predicted molar refractivity (Wildman–Crippen MR) is 124 cm³/mol. The molecule has 0 amide bonds. The number of carbonyl (C=O) groups is 1. The minimum Gasteiger partial charge on any atom is -0.508 e. The number of rotatable bonds is 2. The summed E-state index contributed by atoms with van der Waals surface area (Å²) in [4.78, 5) is 13.0. The van der Waals surface area contributed by atoms with Crippen molar-refractivity contribution >= 4 is 16.6 Å². The van der Waals surface area contributed by atoms with Gasteiger partial charge >= 0.3 is 0 Å². The largest absolute Gasteiger partial charge is 0.508 e. The molecule has 0 saturated carbocycles. The molecule has 3 nitrogen and oxygen atoms in total. The van der Waals surface area contributed by atoms with Crippen molar-refractivity contribution in [3.63, 3.8) is 0 Å². The van der Waals surface area contributed by atoms with Crippen LogP contribution in [0.25, 0.3) is 10.8 Å². The monoisotopic (exact) mass is 412 g/mol. The third-order valence-corrected chi connectivity index (χ3v) is 6.88. The van der Waals surface area contributed by atoms with E-state index in [1.807, 2.05) is 38.1 Å². The Morgan fingerprint density at radius 3 is 2.45 bits per heavy atom. The van der Waals surface area contributed by atoms with Crippen LogP contribution in [0.5, 0.6) is 11.5 Å². The average Bonchev–Trinajstić information content (AvgIpc) is 2.73. The fourth-order valence-electron chi connectivity index (χ4n) is 4.93. The molecule has 158 valence electrons. The number of hydrogen-bond acceptors (Lipinski definition) is 3. The third-order valence-electron chi connectivity index (χ3n) is 6.88. The highest BCUT2D eigenvalue weighted by atomic mass is 16.5. The van der Waals surface area contributed by atoms with Crippen molar-refractivity contribution in [2.24, 2.45) is 5.41 Å². The topological polar surface area (TPSA) is 46.5 Å². The van der Waals surface area contributed by atoms with Crippen LogP contribution in [0.15, 0.2) is 65.9 Å². The van der Waals surface area contributed by atoms with E-state index in [1.54, 1.807) is 6.07 Å². The molecule has 0 radical (unpaired) electrons. The van der Waals surface area contributed by atoms with Gasteiger partial charge in [-0.25, -0.2) is 0 Å². The minimum absolute atomic E-state index is 0.0643. The van der Waals surface area contributed by atoms with E-state index in [1.165, 1.54) is 5.56 Å². The lowest BCUT2D eigenvalue weighted by Gasteiger charge is -2.39. The summed E-state index contributed by atoms with van der Waals surface area (Å²) in [5.74, 6) is 2.63. The Bertz CT molecular complexity index is 1230. The zero-order chi connectivity index (χ0) is 21.9. The van der Waals surface area contributed by atoms with Gasteiger partial charge in [-0.15, -0.1) is 0 Å². The molecule has 1 N–H and O–H groups in total. The molecule has 2 aliphatic rings. The number of hydrogen-bond donors (Lipinski definition) is 1. The molecule has 0 spiro atoms. The lowest BCUT2D eigenvalue weighted by Crippen LogP contribution is -2.34. The first-order valence-corrected chi connectivity index (χ1v) is 11.0. The molecule has 0 aromatic heterocycles. The second-order valence-corrected chi connectivity index (χ2v) is 9.85. The van der Waals surface area contributed by atoms with Gasteiger partial charge in [0, 0.05) is 29.7 Å². The van der Waals surface area contributed by atoms with Gasteiger partial charge in [0.15, 0.2) is 0 Å². The Morgan fingerprint density at radius 1 is 1.03 bits per heavy atom. The van der Waals surface area contributed by atoms with Crippen LogP contribution < -0.4 is 4.74 Å². The van der Waals surface area contributed by atoms with Crippen molar-refractivity contribution in [1.29, 1.82) is 0 Å². The highest BCUT2D eigenvalue weighted by molar-refractivity contribution is 5.93. The first kappa shape index (κ1) is 19.9. The molecule has 0 fully saturated rings. The number of aromatic hydroxyl groups is 1. The SMILES string of the molecule is CC(C)c1ccc(C2C3=C(CC(C)(C)C(=O)C3)Oc3ccc4ccc(O)cc4c32)cc1. The van der Waals surface area contributed by atoms with E-state index in [0.29, 0.717) is 18.8 Å². The van der Waals surface area contributed by atoms with Gasteiger partial charge in [-0.2, -0.15) is 0 Å². The lowest BCUT2D eigenvalue weighted by atomic mass is 9.69. The summed E-state index contributed by atoms with van der Waals surface area (Å²) in [6.45, 7) is 8.39. The average molecular weight is 413 g/mol. The molecule has 3 aromatic rings. The third kappa shape index (κ3) is 3.23. The minimum atomic E-state index is -0.419. The first-order chi connectivity index (χ1) is 14.7. The van der Waals surface area contributed by atoms with Crippen molar-refractivity contribution in [3.8, 4) is 11.5 Å². The molecule has 3 heteroatoms. The van der Waals surface area contributed by atoms with Crippen LogP contribution in [0.2, 0.25) is 0 Å². The van der Waals surface area contributed by atoms with E-state index in [9.17, 15) is 9.90 Å². The number of benzene rings is 3. The standard InChI is InChI=1S/C28H28O3/c1-16(2)17-5-7-19(8-6-17)26-22-14-25(30)28(3,4)15-24(22)31-23-12-10-18-9-11-20(29)13-21(18)27(23)26/h5-13,16,26,29H,14-15H2,1-4H3. The van der Waals surface area contributed by atoms with Crippen LogP contribution in [-0.2, 0) is 4.79 Å². The summed E-state index contributed by atoms with van der Waals surface area (Å²) in [6, 6.07) is 18.3. The molecule has 1 aliphatic heterocycles. The smallest absolute Gasteiger partial charge is 0.143 e. The number of phenols is 1. The highest BCUT2D eigenvalue weighted by Gasteiger charge is 2.42. The van der Waals surface area contributed by atoms with E-state index < -0.39 is 5.41 Å². The maximum Gasteiger partial charge on any atom is 0.143 e. The van der Waals surface area contributed by atoms with E-state index in [0.717, 1.165) is 39.0 Å². The van der Waals surface area contributed by atoms with Gasteiger partial charge in [-0.3, -0.25) is 4.79 Å². The Morgan fingerprint density at radius 2 is 1.74 bits per heavy atom. The van der Waals surface area contributed by atoms with Crippen LogP contribution in [0.4, 0.5) is 0 Å². The molecule has 0 bridgehead atoms. The molecule has 5 rings (SSSR count). The molecule has 31 heavy (non-hydrogen) atoms. The van der Waals surface area contributed by atoms with Crippen LogP contribution in [0, 0.1) is 5.41 Å². The number of fused-ring (bicyclic) bond motifs is 3. The first-order valence-electron chi connectivity index (χ1n) is 11.0. The normalized spacial score (nSPS) is 19.9. The number of phenolic OH excluding ortho intramolecular Hbond substituents is 1. The van der Waals surface area contributed by atoms with Gasteiger partial charge in [0.1, 0.15) is 23.0 Å². The van der Waals surface area contributed by atoms with Crippen molar-refractivity contribution < 1.29 is 14.6 Å². The number of ether oxygens (including phenoxy) is 1. The lowest BCUT2D eigenvalue weighted by molar-refractivity contribution is -0.127. The van der Waals surface area contributed by atoms with Crippen molar-refractivity contribution in [2.45, 2.75) is 52.4 Å². The van der Waals surface area contributed by atoms with Crippen molar-refractivity contribution in [3.05, 3.63) is 82.6 Å². The predicted octanol–water partition coefficient (Wildman–Crippen LogP) is 6.84. The number of allylic oxidation sites excluding steroid dienone is 2. The number of carbonyl (C=O) groups excluding carboxylic acids is 1. The second-order valence-electron chi connectivity index (χ2n) is 9.85. The summed E-state index contributed by atoms with van der Waals surface area (Å²) in [6.07, 6.45) is 1.01. The summed E-state index contributed by atoms with van der Waals surface area (Å²) in [7, 11) is 0. The van der Waals surface area contributed by atoms with Gasteiger partial charge in [0.05, 0.1) is 0 Å². The molecule has 1 unspecified atom stereocenters. The molecule has 1 atom stereocenters. The van der Waals surface area contributed by atoms with Gasteiger partial charge in [0.25, 0.3) is 0 Å². The van der Waals surface area contributed by atoms with E-state index >= 15 is 0 Å². The Hall–Kier alpha value is -3.07. The molecule has 1 aliphatic carbocycles. The molecule has 3 aromatic carbocycles. The molecular weight excluding hydrogens is 384 g/mol. The highest BCUT2D eigenvalue weighted by Crippen LogP contribution is 2.52. The zero-order valence-corrected chi connectivity index (χ0v) is 18.5. The number of Topliss-reactive ketones (excluding diaryl/α,β-unsaturated/α-hetero) is 1. The molecule has 1 heterocycles. The van der Waals surface area contributed by atoms with Gasteiger partial charge < -0.3 is 9.84 Å². The maximum atomic E-state index is 13.0. The summed E-state index contributed by atoms with van der Waals surface area (Å²) >= 11 is 0. The Labute approximate surface area is 183 Å². The summed E-state index contributed by atoms with van der Waals surface area (Å²) in [5.41, 5.74) is 4.13. The van der Waals surface area contributed by atoms with Crippen LogP contribution in [0.1, 0.15) is 69.1 Å². The van der Waals surface area contributed by atoms with E-state index in [4.69, 9.17) is 4.74 Å². The quantitative estimate of drug-likeness (QED) is 0.501. The van der Waals surface area contributed by atoms with Gasteiger partial charge in [-0.1, -0.05) is 64.1 Å². The van der Waals surface area contributed by atoms with E-state index in [-0.39, 0.29) is 17.5 Å². The number of ketones is 1. The van der Waals surface area contributed by atoms with Crippen molar-refractivity contribution in [2.75, 3.05) is 0 Å². The zero-order valence-electron chi connectivity index (χ0n) is 18.5. The summed E-state index contributed by atoms with van der Waals surface area (Å²) < 4.78 is 6.43. The Kier molecular flexibility index (Phi) is 4.47. The fraction of sp³-hybridized carbons (Fsp3) is 0.321. The fourth-order valence-corrected chi connectivity index (χ4v) is 4.93. The van der Waals surface area contributed by atoms with Crippen LogP contribution in [-0.4, -0.2) is 10.9 Å². The van der Waals surface area contributed by atoms with Gasteiger partial charge in [-0.05, 0) is 51.6 Å². The summed E-state index contributed by atoms with van der Waals surface area (Å²) in [5, 5.41) is 12.2. The molecule has 0 saturated heterocycles. The van der Waals surface area contributed by atoms with Crippen LogP contribution in [0.3, 0.4) is 0 Å². The van der Waals surface area contributed by atoms with Crippen LogP contribution >= 0.6 is 0 Å². The second kappa shape index (κ2) is 6.98. The maximum absolute atomic E-state index is 13.0. The molecular formula is C28H28O3.